The summed E-state index contributed by atoms with van der Waals surface area (Å²) < 4.78 is 77.7. The number of carbonyl (C=O) groups excluding carboxylic acids is 4. The Morgan fingerprint density at radius 3 is 2.29 bits per heavy atom. The highest BCUT2D eigenvalue weighted by Crippen LogP contribution is 2.43. The Morgan fingerprint density at radius 1 is 0.968 bits per heavy atom. The van der Waals surface area contributed by atoms with Crippen LogP contribution in [0.3, 0.4) is 0 Å². The maximum atomic E-state index is 15.2. The third-order valence-corrected chi connectivity index (χ3v) is 11.4. The predicted octanol–water partition coefficient (Wildman–Crippen LogP) is 5.50. The Balaban J connectivity index is 1.08. The van der Waals surface area contributed by atoms with Gasteiger partial charge in [-0.2, -0.15) is 23.7 Å². The smallest absolute Gasteiger partial charge is 0.419 e. The molecule has 0 saturated carbocycles. The Hall–Kier alpha value is -6.29. The first kappa shape index (κ1) is 46.2. The molecule has 2 aromatic carbocycles. The average Bonchev–Trinajstić information content (AvgIpc) is 3.38. The van der Waals surface area contributed by atoms with Gasteiger partial charge in [-0.1, -0.05) is 0 Å². The van der Waals surface area contributed by atoms with E-state index in [0.717, 1.165) is 17.2 Å². The molecule has 3 atom stereocenters. The topological polar surface area (TPSA) is 187 Å². The third kappa shape index (κ3) is 10.0. The maximum Gasteiger partial charge on any atom is 0.419 e. The second kappa shape index (κ2) is 17.8. The molecule has 3 N–H and O–H groups in total. The summed E-state index contributed by atoms with van der Waals surface area (Å²) in [6.07, 6.45) is -3.60. The summed E-state index contributed by atoms with van der Waals surface area (Å²) in [6, 6.07) is 11.7. The van der Waals surface area contributed by atoms with Crippen LogP contribution in [0, 0.1) is 22.7 Å². The summed E-state index contributed by atoms with van der Waals surface area (Å²) in [5.74, 6) is -5.48. The van der Waals surface area contributed by atoms with Gasteiger partial charge in [0, 0.05) is 62.1 Å². The van der Waals surface area contributed by atoms with Gasteiger partial charge in [-0.3, -0.25) is 39.2 Å². The van der Waals surface area contributed by atoms with Crippen molar-refractivity contribution in [3.05, 3.63) is 71.0 Å². The summed E-state index contributed by atoms with van der Waals surface area (Å²) in [5.41, 5.74) is -3.56. The van der Waals surface area contributed by atoms with E-state index in [4.69, 9.17) is 22.2 Å². The van der Waals surface area contributed by atoms with Crippen molar-refractivity contribution in [2.24, 2.45) is 0 Å². The second-order valence-corrected chi connectivity index (χ2v) is 16.5. The lowest BCUT2D eigenvalue weighted by Crippen LogP contribution is -2.58. The number of ether oxygens (including phenoxy) is 1. The number of nitrogens with zero attached hydrogens (tertiary/aromatic N) is 7. The molecule has 3 aliphatic heterocycles. The van der Waals surface area contributed by atoms with Crippen LogP contribution in [0.1, 0.15) is 69.8 Å². The van der Waals surface area contributed by atoms with Gasteiger partial charge in [0.15, 0.2) is 10.8 Å². The van der Waals surface area contributed by atoms with Gasteiger partial charge in [0.1, 0.15) is 30.0 Å². The molecule has 0 aliphatic carbocycles. The number of hydrogen-bond donors (Lipinski definition) is 3. The second-order valence-electron chi connectivity index (χ2n) is 16.2. The van der Waals surface area contributed by atoms with E-state index in [1.165, 1.54) is 43.0 Å². The lowest BCUT2D eigenvalue weighted by Gasteiger charge is -2.43. The number of rotatable bonds is 12. The van der Waals surface area contributed by atoms with E-state index < -0.39 is 52.3 Å². The molecule has 0 radical (unpaired) electrons. The fourth-order valence-corrected chi connectivity index (χ4v) is 8.32. The van der Waals surface area contributed by atoms with Crippen molar-refractivity contribution >= 4 is 63.7 Å². The van der Waals surface area contributed by atoms with Crippen LogP contribution in [0.2, 0.25) is 0 Å². The summed E-state index contributed by atoms with van der Waals surface area (Å²) in [5, 5.41) is 26.6. The molecule has 3 aromatic rings. The number of amides is 4. The number of carbonyl (C=O) groups is 4. The molecule has 6 rings (SSSR count). The van der Waals surface area contributed by atoms with E-state index in [1.807, 2.05) is 24.8 Å². The van der Waals surface area contributed by atoms with Crippen molar-refractivity contribution < 1.29 is 45.9 Å². The third-order valence-electron chi connectivity index (χ3n) is 11.1. The number of pyridine rings is 1. The lowest BCUT2D eigenvalue weighted by atomic mass is 10.0. The van der Waals surface area contributed by atoms with E-state index in [2.05, 4.69) is 25.8 Å². The number of piperazine rings is 1. The minimum atomic E-state index is -4.96. The van der Waals surface area contributed by atoms with E-state index in [1.54, 1.807) is 12.1 Å². The van der Waals surface area contributed by atoms with Crippen LogP contribution >= 0.6 is 12.2 Å². The predicted molar refractivity (Wildman–Crippen MR) is 224 cm³/mol. The molecular weight excluding hydrogens is 852 g/mol. The number of aromatic nitrogens is 1. The van der Waals surface area contributed by atoms with Gasteiger partial charge in [0.25, 0.3) is 11.8 Å². The number of nitrogens with one attached hydrogen (secondary N) is 3. The summed E-state index contributed by atoms with van der Waals surface area (Å²) >= 11 is 5.56. The van der Waals surface area contributed by atoms with E-state index in [-0.39, 0.29) is 77.7 Å². The fourth-order valence-electron chi connectivity index (χ4n) is 7.80. The molecular formula is C42H43F5N10O5S. The van der Waals surface area contributed by atoms with Crippen LogP contribution in [0.4, 0.5) is 44.7 Å². The zero-order valence-corrected chi connectivity index (χ0v) is 35.6. The fraction of sp³-hybridized carbons (Fsp3) is 0.429. The van der Waals surface area contributed by atoms with Crippen molar-refractivity contribution in [3.8, 4) is 17.9 Å². The van der Waals surface area contributed by atoms with Crippen LogP contribution in [0.15, 0.2) is 48.7 Å². The number of piperidine rings is 1. The zero-order valence-electron chi connectivity index (χ0n) is 34.8. The highest BCUT2D eigenvalue weighted by molar-refractivity contribution is 7.81. The molecule has 0 bridgehead atoms. The summed E-state index contributed by atoms with van der Waals surface area (Å²) in [4.78, 5) is 60.5. The first-order chi connectivity index (χ1) is 29.5. The Bertz CT molecular complexity index is 2430. The van der Waals surface area contributed by atoms with E-state index in [9.17, 15) is 37.6 Å². The molecule has 3 aliphatic rings. The molecule has 1 unspecified atom stereocenters. The molecule has 1 aromatic heterocycles. The normalized spacial score (nSPS) is 20.9. The van der Waals surface area contributed by atoms with Crippen LogP contribution in [-0.4, -0.2) is 100.0 Å². The number of benzene rings is 2. The first-order valence-corrected chi connectivity index (χ1v) is 20.2. The minimum absolute atomic E-state index is 0.0114. The molecule has 332 valence electrons. The average molecular weight is 895 g/mol. The van der Waals surface area contributed by atoms with Crippen molar-refractivity contribution in [1.29, 1.82) is 10.5 Å². The molecule has 15 nitrogen and oxygen atoms in total. The number of thiocarbonyl (C=S) groups is 1. The number of nitriles is 2. The highest BCUT2D eigenvalue weighted by Gasteiger charge is 2.51. The quantitative estimate of drug-likeness (QED) is 0.118. The number of alkyl halides is 5. The molecule has 3 fully saturated rings. The van der Waals surface area contributed by atoms with Crippen LogP contribution < -0.4 is 30.5 Å². The van der Waals surface area contributed by atoms with Crippen LogP contribution in [0.25, 0.3) is 0 Å². The van der Waals surface area contributed by atoms with Gasteiger partial charge in [-0.15, -0.1) is 0 Å². The highest BCUT2D eigenvalue weighted by atomic mass is 32.1. The van der Waals surface area contributed by atoms with Crippen LogP contribution in [-0.2, 0) is 31.3 Å². The van der Waals surface area contributed by atoms with Crippen molar-refractivity contribution in [2.45, 2.75) is 83.2 Å². The zero-order chi connectivity index (χ0) is 46.2. The Labute approximate surface area is 364 Å². The van der Waals surface area contributed by atoms with Gasteiger partial charge >= 0.3 is 6.18 Å². The van der Waals surface area contributed by atoms with E-state index in [0.29, 0.717) is 44.0 Å². The summed E-state index contributed by atoms with van der Waals surface area (Å²) in [6.45, 7) is 8.87. The summed E-state index contributed by atoms with van der Waals surface area (Å²) in [7, 11) is 0. The van der Waals surface area contributed by atoms with Gasteiger partial charge in [0.05, 0.1) is 41.2 Å². The number of anilines is 4. The molecule has 4 heterocycles. The van der Waals surface area contributed by atoms with Crippen molar-refractivity contribution in [1.82, 2.24) is 20.1 Å². The molecule has 3 saturated heterocycles. The van der Waals surface area contributed by atoms with Crippen molar-refractivity contribution in [2.75, 3.05) is 53.2 Å². The number of imide groups is 1. The van der Waals surface area contributed by atoms with Crippen molar-refractivity contribution in [3.63, 3.8) is 0 Å². The minimum Gasteiger partial charge on any atom is -0.492 e. The molecule has 63 heavy (non-hydrogen) atoms. The van der Waals surface area contributed by atoms with Crippen LogP contribution in [0.5, 0.6) is 5.75 Å². The lowest BCUT2D eigenvalue weighted by molar-refractivity contribution is -0.138. The SMILES string of the molecule is C[C@@H]1CN(CC(=O)Nc2cc(C#N)cc(NC3CCC(=O)NC3=O)c2)[C@H](C)CN1CCOc1ccc(N2C(=S)N(c3cnc(C#N)c(C(F)(F)F)c3)C(=O)C2(C)C)cc1C(C)(F)F. The monoisotopic (exact) mass is 894 g/mol. The first-order valence-electron chi connectivity index (χ1n) is 19.8. The Kier molecular flexibility index (Phi) is 13.1. The maximum absolute atomic E-state index is 15.2. The number of hydrogen-bond acceptors (Lipinski definition) is 12. The molecule has 21 heteroatoms. The van der Waals surface area contributed by atoms with Gasteiger partial charge in [0.2, 0.25) is 17.7 Å². The molecule has 4 amide bonds. The van der Waals surface area contributed by atoms with Gasteiger partial charge in [-0.25, -0.2) is 13.8 Å². The molecule has 0 spiro atoms. The largest absolute Gasteiger partial charge is 0.492 e. The van der Waals surface area contributed by atoms with Gasteiger partial charge in [-0.05, 0) is 88.8 Å². The Morgan fingerprint density at radius 2 is 1.63 bits per heavy atom. The van der Waals surface area contributed by atoms with E-state index >= 15 is 8.78 Å². The number of halogens is 5. The standard InChI is InChI=1S/C42H43F5N10O5S/c1-23-21-55(22-36(59)52-27-13-25(17-48)12-26(14-27)51-32-7-9-35(58)53-37(32)60)24(2)20-54(23)10-11-62-34-8-6-28(15-31(34)41(5,43)44)57-39(63)56(38(61)40(57,3)4)29-16-30(42(45,46)47)33(18-49)50-19-29/h6,8,12-16,19,23-24,32,51H,7,9-11,20-22H2,1-5H3,(H,52,59)(H,53,58,60)/t23-,24-,32?/m1/s1. The van der Waals surface area contributed by atoms with Gasteiger partial charge < -0.3 is 20.3 Å².